The first-order chi connectivity index (χ1) is 12.0. The molecule has 1 unspecified atom stereocenters. The maximum absolute atomic E-state index is 12.7. The van der Waals surface area contributed by atoms with E-state index in [-0.39, 0.29) is 17.4 Å². The van der Waals surface area contributed by atoms with Crippen molar-refractivity contribution in [2.75, 3.05) is 13.6 Å². The van der Waals surface area contributed by atoms with Crippen LogP contribution in [0.1, 0.15) is 30.0 Å². The number of benzene rings is 1. The van der Waals surface area contributed by atoms with E-state index in [2.05, 4.69) is 24.2 Å². The van der Waals surface area contributed by atoms with Gasteiger partial charge in [0, 0.05) is 11.5 Å². The predicted molar refractivity (Wildman–Crippen MR) is 100 cm³/mol. The van der Waals surface area contributed by atoms with Gasteiger partial charge in [0.2, 0.25) is 5.91 Å². The number of hydrogen-bond donors (Lipinski definition) is 2. The lowest BCUT2D eigenvalue weighted by molar-refractivity contribution is -0.123. The number of carbonyl (C=O) groups is 1. The van der Waals surface area contributed by atoms with Crippen LogP contribution in [0.2, 0.25) is 0 Å². The van der Waals surface area contributed by atoms with E-state index >= 15 is 0 Å². The van der Waals surface area contributed by atoms with Crippen molar-refractivity contribution in [2.45, 2.75) is 43.7 Å². The average molecular weight is 356 g/mol. The second kappa shape index (κ2) is 6.15. The molecule has 25 heavy (non-hydrogen) atoms. The molecule has 1 aromatic heterocycles. The van der Waals surface area contributed by atoms with Crippen molar-refractivity contribution in [2.24, 2.45) is 0 Å². The third-order valence-electron chi connectivity index (χ3n) is 6.02. The maximum Gasteiger partial charge on any atom is 0.224 e. The van der Waals surface area contributed by atoms with Gasteiger partial charge in [0.1, 0.15) is 5.75 Å². The van der Waals surface area contributed by atoms with Crippen LogP contribution in [0.3, 0.4) is 0 Å². The molecule has 4 nitrogen and oxygen atoms in total. The zero-order valence-electron chi connectivity index (χ0n) is 14.7. The Labute approximate surface area is 152 Å². The summed E-state index contributed by atoms with van der Waals surface area (Å²) in [6.45, 7) is 3.24. The number of nitrogens with zero attached hydrogens (tertiary/aromatic N) is 1. The molecule has 0 radical (unpaired) electrons. The average Bonchev–Trinajstić information content (AvgIpc) is 3.07. The van der Waals surface area contributed by atoms with Crippen molar-refractivity contribution >= 4 is 17.2 Å². The van der Waals surface area contributed by atoms with Crippen molar-refractivity contribution in [3.05, 3.63) is 51.7 Å². The lowest BCUT2D eigenvalue weighted by Crippen LogP contribution is -2.67. The second-order valence-corrected chi connectivity index (χ2v) is 8.39. The minimum Gasteiger partial charge on any atom is -0.508 e. The molecule has 4 rings (SSSR count). The van der Waals surface area contributed by atoms with Gasteiger partial charge in [0.05, 0.1) is 12.5 Å². The van der Waals surface area contributed by atoms with Crippen LogP contribution in [0.5, 0.6) is 5.75 Å². The van der Waals surface area contributed by atoms with Gasteiger partial charge in [-0.05, 0) is 72.1 Å². The van der Waals surface area contributed by atoms with Gasteiger partial charge in [-0.25, -0.2) is 0 Å². The van der Waals surface area contributed by atoms with E-state index in [1.807, 2.05) is 29.0 Å². The third-order valence-corrected chi connectivity index (χ3v) is 6.75. The van der Waals surface area contributed by atoms with Gasteiger partial charge < -0.3 is 15.3 Å². The van der Waals surface area contributed by atoms with Gasteiger partial charge in [0.25, 0.3) is 0 Å². The highest BCUT2D eigenvalue weighted by molar-refractivity contribution is 7.08. The molecular weight excluding hydrogens is 332 g/mol. The molecule has 2 heterocycles. The van der Waals surface area contributed by atoms with Gasteiger partial charge in [-0.1, -0.05) is 13.0 Å². The molecule has 0 spiro atoms. The van der Waals surface area contributed by atoms with E-state index in [4.69, 9.17) is 0 Å². The Morgan fingerprint density at radius 3 is 3.04 bits per heavy atom. The number of aromatic hydroxyl groups is 1. The number of phenolic OH excluding ortho intramolecular Hbond substituents is 1. The number of phenols is 1. The van der Waals surface area contributed by atoms with Crippen LogP contribution >= 0.6 is 11.3 Å². The Bertz CT molecular complexity index is 789. The number of hydrogen-bond acceptors (Lipinski definition) is 4. The Kier molecular flexibility index (Phi) is 4.08. The standard InChI is InChI=1S/C20H24N2O2S/c1-20-6-7-22(2)17(10-14-3-4-15(23)11-16(14)20)19(20)21-18(24)9-13-5-8-25-12-13/h3-5,8,11-12,17,19,23H,6-7,9-10H2,1-2H3,(H,21,24)/t17-,19+,20?/m1/s1. The van der Waals surface area contributed by atoms with E-state index in [9.17, 15) is 9.90 Å². The number of nitrogens with one attached hydrogen (secondary N) is 1. The maximum atomic E-state index is 12.7. The molecule has 2 N–H and O–H groups in total. The molecule has 2 aromatic rings. The molecule has 1 saturated heterocycles. The van der Waals surface area contributed by atoms with E-state index in [0.717, 1.165) is 24.9 Å². The summed E-state index contributed by atoms with van der Waals surface area (Å²) < 4.78 is 0. The number of rotatable bonds is 3. The van der Waals surface area contributed by atoms with Gasteiger partial charge in [-0.15, -0.1) is 0 Å². The summed E-state index contributed by atoms with van der Waals surface area (Å²) in [4.78, 5) is 15.0. The number of likely N-dealkylation sites (N-methyl/N-ethyl adjacent to an activating group) is 1. The first-order valence-corrected chi connectivity index (χ1v) is 9.75. The van der Waals surface area contributed by atoms with Crippen molar-refractivity contribution in [1.29, 1.82) is 0 Å². The summed E-state index contributed by atoms with van der Waals surface area (Å²) in [5, 5.41) is 17.4. The van der Waals surface area contributed by atoms with Crippen LogP contribution in [0, 0.1) is 0 Å². The molecule has 1 aromatic carbocycles. The second-order valence-electron chi connectivity index (χ2n) is 7.61. The number of carbonyl (C=O) groups excluding carboxylic acids is 1. The minimum atomic E-state index is -0.145. The van der Waals surface area contributed by atoms with E-state index in [1.54, 1.807) is 17.4 Å². The van der Waals surface area contributed by atoms with Crippen molar-refractivity contribution in [3.63, 3.8) is 0 Å². The lowest BCUT2D eigenvalue weighted by Gasteiger charge is -2.54. The minimum absolute atomic E-state index is 0.0617. The number of piperidine rings is 1. The van der Waals surface area contributed by atoms with Gasteiger partial charge in [0.15, 0.2) is 0 Å². The normalized spacial score (nSPS) is 28.4. The fourth-order valence-corrected chi connectivity index (χ4v) is 5.21. The molecule has 5 heteroatoms. The molecule has 1 fully saturated rings. The Morgan fingerprint density at radius 1 is 1.44 bits per heavy atom. The summed E-state index contributed by atoms with van der Waals surface area (Å²) >= 11 is 1.62. The number of amides is 1. The Hall–Kier alpha value is -1.85. The molecule has 1 aliphatic carbocycles. The summed E-state index contributed by atoms with van der Waals surface area (Å²) in [7, 11) is 2.15. The molecule has 0 saturated carbocycles. The SMILES string of the molecule is CN1CCC2(C)c3cc(O)ccc3C[C@@H]1[C@@H]2NC(=O)Cc1ccsc1. The first-order valence-electron chi connectivity index (χ1n) is 8.80. The van der Waals surface area contributed by atoms with E-state index in [1.165, 1.54) is 11.1 Å². The van der Waals surface area contributed by atoms with Crippen molar-refractivity contribution < 1.29 is 9.90 Å². The summed E-state index contributed by atoms with van der Waals surface area (Å²) in [6.07, 6.45) is 2.31. The van der Waals surface area contributed by atoms with Gasteiger partial charge in [-0.3, -0.25) is 4.79 Å². The molecule has 132 valence electrons. The number of likely N-dealkylation sites (tertiary alicyclic amines) is 1. The fourth-order valence-electron chi connectivity index (χ4n) is 4.54. The predicted octanol–water partition coefficient (Wildman–Crippen LogP) is 2.70. The zero-order chi connectivity index (χ0) is 17.6. The Morgan fingerprint density at radius 2 is 2.28 bits per heavy atom. The van der Waals surface area contributed by atoms with Crippen LogP contribution in [-0.2, 0) is 23.1 Å². The van der Waals surface area contributed by atoms with E-state index < -0.39 is 0 Å². The number of thiophene rings is 1. The molecular formula is C20H24N2O2S. The third kappa shape index (κ3) is 2.85. The first kappa shape index (κ1) is 16.6. The molecule has 2 bridgehead atoms. The van der Waals surface area contributed by atoms with Crippen LogP contribution in [0.25, 0.3) is 0 Å². The molecule has 2 aliphatic rings. The quantitative estimate of drug-likeness (QED) is 0.889. The number of fused-ring (bicyclic) bond motifs is 4. The smallest absolute Gasteiger partial charge is 0.224 e. The monoisotopic (exact) mass is 356 g/mol. The topological polar surface area (TPSA) is 52.6 Å². The lowest BCUT2D eigenvalue weighted by atomic mass is 9.61. The van der Waals surface area contributed by atoms with Gasteiger partial charge in [-0.2, -0.15) is 11.3 Å². The van der Waals surface area contributed by atoms with Crippen LogP contribution in [0.4, 0.5) is 0 Å². The van der Waals surface area contributed by atoms with Crippen LogP contribution in [0.15, 0.2) is 35.0 Å². The Balaban J connectivity index is 1.65. The largest absolute Gasteiger partial charge is 0.508 e. The fraction of sp³-hybridized carbons (Fsp3) is 0.450. The highest BCUT2D eigenvalue weighted by atomic mass is 32.1. The summed E-state index contributed by atoms with van der Waals surface area (Å²) in [6, 6.07) is 8.07. The molecule has 1 aliphatic heterocycles. The van der Waals surface area contributed by atoms with Crippen LogP contribution < -0.4 is 5.32 Å². The van der Waals surface area contributed by atoms with Gasteiger partial charge >= 0.3 is 0 Å². The summed E-state index contributed by atoms with van der Waals surface area (Å²) in [5.41, 5.74) is 3.41. The zero-order valence-corrected chi connectivity index (χ0v) is 15.5. The van der Waals surface area contributed by atoms with E-state index in [0.29, 0.717) is 18.2 Å². The summed E-state index contributed by atoms with van der Waals surface area (Å²) in [5.74, 6) is 0.388. The highest BCUT2D eigenvalue weighted by Gasteiger charge is 2.50. The molecule has 3 atom stereocenters. The van der Waals surface area contributed by atoms with Crippen LogP contribution in [-0.4, -0.2) is 41.6 Å². The molecule has 1 amide bonds. The van der Waals surface area contributed by atoms with Crippen molar-refractivity contribution in [3.8, 4) is 5.75 Å². The highest BCUT2D eigenvalue weighted by Crippen LogP contribution is 2.45. The van der Waals surface area contributed by atoms with Crippen molar-refractivity contribution in [1.82, 2.24) is 10.2 Å².